The minimum absolute atomic E-state index is 0.0539. The lowest BCUT2D eigenvalue weighted by Gasteiger charge is -2.28. The number of carbonyl (C=O) groups is 4. The molecule has 1 unspecified atom stereocenters. The van der Waals surface area contributed by atoms with Crippen LogP contribution in [0.1, 0.15) is 59.8 Å². The SMILES string of the molecule is O=C1CC(CCc2ccc(-c3ccc(F)cc3)cc2)C(=O)c2ccc3c4ccc5c6c(ccc(c7ccc1c2c73)c64)C(=O)N(c1ccc(-c2ccc(F)cc2)cc1)C5=O. The van der Waals surface area contributed by atoms with E-state index < -0.39 is 17.7 Å². The third-order valence-electron chi connectivity index (χ3n) is 12.4. The van der Waals surface area contributed by atoms with E-state index in [9.17, 15) is 28.0 Å². The van der Waals surface area contributed by atoms with Crippen LogP contribution >= 0.6 is 0 Å². The van der Waals surface area contributed by atoms with Crippen molar-refractivity contribution in [2.75, 3.05) is 4.90 Å². The number of ketones is 2. The molecule has 9 aromatic carbocycles. The molecule has 59 heavy (non-hydrogen) atoms. The molecule has 0 saturated heterocycles. The Morgan fingerprint density at radius 3 is 1.34 bits per heavy atom. The van der Waals surface area contributed by atoms with Crippen molar-refractivity contribution in [2.45, 2.75) is 19.3 Å². The molecule has 282 valence electrons. The van der Waals surface area contributed by atoms with Gasteiger partial charge in [-0.3, -0.25) is 19.2 Å². The summed E-state index contributed by atoms with van der Waals surface area (Å²) in [4.78, 5) is 58.2. The number of amides is 2. The van der Waals surface area contributed by atoms with Crippen LogP contribution in [0.3, 0.4) is 0 Å². The quantitative estimate of drug-likeness (QED) is 0.0959. The van der Waals surface area contributed by atoms with Gasteiger partial charge in [0.2, 0.25) is 0 Å². The van der Waals surface area contributed by atoms with E-state index in [0.717, 1.165) is 60.1 Å². The second-order valence-corrected chi connectivity index (χ2v) is 15.6. The number of hydrogen-bond acceptors (Lipinski definition) is 4. The van der Waals surface area contributed by atoms with Crippen molar-refractivity contribution in [3.63, 3.8) is 0 Å². The predicted octanol–water partition coefficient (Wildman–Crippen LogP) is 12.2. The molecule has 0 aromatic heterocycles. The number of rotatable bonds is 6. The lowest BCUT2D eigenvalue weighted by atomic mass is 9.82. The summed E-state index contributed by atoms with van der Waals surface area (Å²) < 4.78 is 27.0. The molecule has 2 aliphatic rings. The molecule has 5 nitrogen and oxygen atoms in total. The van der Waals surface area contributed by atoms with Gasteiger partial charge in [0, 0.05) is 45.4 Å². The maximum Gasteiger partial charge on any atom is 0.265 e. The molecule has 2 amide bonds. The maximum absolute atomic E-state index is 14.4. The first-order chi connectivity index (χ1) is 28.7. The number of carbonyl (C=O) groups excluding carboxylic acids is 4. The van der Waals surface area contributed by atoms with Gasteiger partial charge < -0.3 is 0 Å². The van der Waals surface area contributed by atoms with Crippen LogP contribution in [0.5, 0.6) is 0 Å². The van der Waals surface area contributed by atoms with Crippen LogP contribution in [0, 0.1) is 17.6 Å². The first kappa shape index (κ1) is 34.8. The second-order valence-electron chi connectivity index (χ2n) is 15.6. The smallest absolute Gasteiger partial charge is 0.265 e. The summed E-state index contributed by atoms with van der Waals surface area (Å²) in [7, 11) is 0. The molecule has 0 spiro atoms. The Morgan fingerprint density at radius 1 is 0.441 bits per heavy atom. The number of Topliss-reactive ketones (excluding diaryl/α,β-unsaturated/α-hetero) is 2. The first-order valence-corrected chi connectivity index (χ1v) is 19.6. The van der Waals surface area contributed by atoms with E-state index >= 15 is 0 Å². The standard InChI is InChI=1S/C52H31F2NO4/c53-34-13-7-30(8-14-34)29-4-1-28(2-5-29)3-6-33-27-45(56)41-23-19-37-39-21-25-43-49-44(26-22-40(47(39)49)38-20-24-42(50(33)57)48(41)46(37)38)52(59)55(51(43)58)36-17-11-32(12-18-36)31-9-15-35(54)16-10-31/h1-2,4-5,7-26,33H,3,6,27H2. The van der Waals surface area contributed by atoms with Gasteiger partial charge in [-0.2, -0.15) is 0 Å². The average Bonchev–Trinajstić information content (AvgIpc) is 3.36. The number of imide groups is 1. The number of anilines is 1. The molecule has 0 saturated carbocycles. The summed E-state index contributed by atoms with van der Waals surface area (Å²) in [6.07, 6.45) is 1.24. The number of aryl methyl sites for hydroxylation is 1. The summed E-state index contributed by atoms with van der Waals surface area (Å²) in [6, 6.07) is 42.5. The molecule has 0 N–H and O–H groups in total. The number of fused-ring (bicyclic) bond motifs is 2. The van der Waals surface area contributed by atoms with Crippen LogP contribution in [0.15, 0.2) is 146 Å². The van der Waals surface area contributed by atoms with E-state index in [-0.39, 0.29) is 29.6 Å². The van der Waals surface area contributed by atoms with Gasteiger partial charge in [0.05, 0.1) is 5.69 Å². The van der Waals surface area contributed by atoms with E-state index in [0.29, 0.717) is 51.6 Å². The van der Waals surface area contributed by atoms with Gasteiger partial charge in [-0.1, -0.05) is 97.1 Å². The Kier molecular flexibility index (Phi) is 7.72. The van der Waals surface area contributed by atoms with Gasteiger partial charge in [0.25, 0.3) is 11.8 Å². The first-order valence-electron chi connectivity index (χ1n) is 19.6. The zero-order valence-corrected chi connectivity index (χ0v) is 31.4. The van der Waals surface area contributed by atoms with Crippen molar-refractivity contribution in [1.82, 2.24) is 0 Å². The molecule has 1 aliphatic heterocycles. The second kappa shape index (κ2) is 13.1. The minimum atomic E-state index is -0.495. The van der Waals surface area contributed by atoms with Gasteiger partial charge in [-0.05, 0) is 122 Å². The summed E-state index contributed by atoms with van der Waals surface area (Å²) in [5.41, 5.74) is 6.88. The van der Waals surface area contributed by atoms with Crippen molar-refractivity contribution in [1.29, 1.82) is 0 Å². The van der Waals surface area contributed by atoms with Gasteiger partial charge in [-0.25, -0.2) is 13.7 Å². The van der Waals surface area contributed by atoms with Gasteiger partial charge >= 0.3 is 0 Å². The predicted molar refractivity (Wildman–Crippen MR) is 228 cm³/mol. The fraction of sp³-hybridized carbons (Fsp3) is 0.0769. The van der Waals surface area contributed by atoms with Crippen LogP contribution in [0.2, 0.25) is 0 Å². The topological polar surface area (TPSA) is 71.5 Å². The number of benzene rings is 9. The number of nitrogens with zero attached hydrogens (tertiary/aromatic N) is 1. The van der Waals surface area contributed by atoms with E-state index in [1.165, 1.54) is 29.2 Å². The molecule has 1 heterocycles. The van der Waals surface area contributed by atoms with Gasteiger partial charge in [0.15, 0.2) is 11.6 Å². The highest BCUT2D eigenvalue weighted by Gasteiger charge is 2.36. The monoisotopic (exact) mass is 771 g/mol. The Labute approximate surface area is 336 Å². The Morgan fingerprint density at radius 2 is 0.847 bits per heavy atom. The van der Waals surface area contributed by atoms with Gasteiger partial charge in [-0.15, -0.1) is 0 Å². The summed E-state index contributed by atoms with van der Waals surface area (Å²) in [6.45, 7) is 0. The van der Waals surface area contributed by atoms with Crippen molar-refractivity contribution >= 4 is 72.2 Å². The third-order valence-corrected chi connectivity index (χ3v) is 12.4. The van der Waals surface area contributed by atoms with Crippen LogP contribution in [0.25, 0.3) is 65.3 Å². The summed E-state index contributed by atoms with van der Waals surface area (Å²) in [5.74, 6) is -2.10. The van der Waals surface area contributed by atoms with Crippen LogP contribution in [-0.4, -0.2) is 23.4 Å². The molecule has 1 aliphatic carbocycles. The van der Waals surface area contributed by atoms with Crippen LogP contribution in [-0.2, 0) is 6.42 Å². The normalized spacial score (nSPS) is 15.3. The van der Waals surface area contributed by atoms with E-state index in [1.54, 1.807) is 48.5 Å². The molecule has 0 bridgehead atoms. The highest BCUT2D eigenvalue weighted by atomic mass is 19.1. The third kappa shape index (κ3) is 5.35. The Hall–Kier alpha value is -7.38. The molecule has 0 fully saturated rings. The number of hydrogen-bond donors (Lipinski definition) is 0. The molecule has 1 atom stereocenters. The van der Waals surface area contributed by atoms with Crippen molar-refractivity contribution in [3.05, 3.63) is 185 Å². The largest absolute Gasteiger partial charge is 0.294 e. The molecular formula is C52H31F2NO4. The van der Waals surface area contributed by atoms with Crippen LogP contribution in [0.4, 0.5) is 14.5 Å². The lowest BCUT2D eigenvalue weighted by Crippen LogP contribution is -2.40. The zero-order valence-electron chi connectivity index (χ0n) is 31.4. The highest BCUT2D eigenvalue weighted by Crippen LogP contribution is 2.47. The molecule has 9 aromatic rings. The zero-order chi connectivity index (χ0) is 40.1. The van der Waals surface area contributed by atoms with E-state index in [1.807, 2.05) is 72.8 Å². The molecular weight excluding hydrogens is 741 g/mol. The molecule has 0 radical (unpaired) electrons. The van der Waals surface area contributed by atoms with E-state index in [4.69, 9.17) is 0 Å². The van der Waals surface area contributed by atoms with Crippen molar-refractivity contribution < 1.29 is 28.0 Å². The Bertz CT molecular complexity index is 3190. The fourth-order valence-corrected chi connectivity index (χ4v) is 9.42. The fourth-order valence-electron chi connectivity index (χ4n) is 9.42. The van der Waals surface area contributed by atoms with Crippen LogP contribution < -0.4 is 4.90 Å². The van der Waals surface area contributed by atoms with E-state index in [2.05, 4.69) is 0 Å². The number of halogens is 2. The average molecular weight is 772 g/mol. The van der Waals surface area contributed by atoms with Gasteiger partial charge in [0.1, 0.15) is 11.6 Å². The highest BCUT2D eigenvalue weighted by molar-refractivity contribution is 6.43. The van der Waals surface area contributed by atoms with Crippen molar-refractivity contribution in [2.24, 2.45) is 5.92 Å². The maximum atomic E-state index is 14.4. The molecule has 7 heteroatoms. The summed E-state index contributed by atoms with van der Waals surface area (Å²) >= 11 is 0. The lowest BCUT2D eigenvalue weighted by molar-refractivity contribution is 0.0853. The minimum Gasteiger partial charge on any atom is -0.294 e. The Balaban J connectivity index is 0.955. The van der Waals surface area contributed by atoms with Crippen molar-refractivity contribution in [3.8, 4) is 22.3 Å². The summed E-state index contributed by atoms with van der Waals surface area (Å²) in [5, 5.41) is 6.21. The molecule has 11 rings (SSSR count).